The number of halogens is 3. The maximum absolute atomic E-state index is 12.9. The van der Waals surface area contributed by atoms with Gasteiger partial charge < -0.3 is 15.0 Å². The largest absolute Gasteiger partial charge is 0.444 e. The number of likely N-dealkylation sites (tertiary alicyclic amines) is 1. The number of alkyl halides is 3. The molecule has 1 fully saturated rings. The minimum atomic E-state index is -4.39. The number of hydrogen-bond donors (Lipinski definition) is 1. The van der Waals surface area contributed by atoms with E-state index < -0.39 is 17.3 Å². The van der Waals surface area contributed by atoms with Crippen molar-refractivity contribution in [1.82, 2.24) is 15.1 Å². The summed E-state index contributed by atoms with van der Waals surface area (Å²) >= 11 is 0. The third kappa shape index (κ3) is 6.18. The third-order valence-corrected chi connectivity index (χ3v) is 5.35. The van der Waals surface area contributed by atoms with Crippen molar-refractivity contribution in [2.24, 2.45) is 0 Å². The first kappa shape index (κ1) is 25.7. The molecule has 1 aliphatic rings. The predicted molar refractivity (Wildman–Crippen MR) is 126 cm³/mol. The number of nitrogens with zero attached hydrogens (tertiary/aromatic N) is 4. The number of amides is 1. The summed E-state index contributed by atoms with van der Waals surface area (Å²) in [6.45, 7) is 10.0. The first-order valence-electron chi connectivity index (χ1n) is 10.9. The Kier molecular flexibility index (Phi) is 7.48. The molecule has 7 nitrogen and oxygen atoms in total. The highest BCUT2D eigenvalue weighted by molar-refractivity contribution is 6.00. The van der Waals surface area contributed by atoms with Gasteiger partial charge in [0.25, 0.3) is 0 Å². The van der Waals surface area contributed by atoms with Crippen LogP contribution in [0.25, 0.3) is 22.0 Å². The molecule has 1 aliphatic heterocycles. The number of fused-ring (bicyclic) bond motifs is 1. The number of aromatic nitrogens is 2. The van der Waals surface area contributed by atoms with E-state index in [1.165, 1.54) is 12.1 Å². The second-order valence-electron chi connectivity index (χ2n) is 9.07. The average molecular weight is 486 g/mol. The molecule has 2 heterocycles. The molecule has 10 heteroatoms. The van der Waals surface area contributed by atoms with Crippen LogP contribution in [0.1, 0.15) is 32.8 Å². The number of ether oxygens (including phenoxy) is 1. The normalized spacial score (nSPS) is 15.9. The predicted octanol–water partition coefficient (Wildman–Crippen LogP) is 5.88. The molecule has 1 atom stereocenters. The molecule has 1 aromatic heterocycles. The number of benzene rings is 2. The van der Waals surface area contributed by atoms with Crippen molar-refractivity contribution < 1.29 is 22.7 Å². The molecule has 35 heavy (non-hydrogen) atoms. The summed E-state index contributed by atoms with van der Waals surface area (Å²) in [5.74, 6) is 0.567. The van der Waals surface area contributed by atoms with Crippen molar-refractivity contribution in [3.05, 3.63) is 54.1 Å². The highest BCUT2D eigenvalue weighted by Crippen LogP contribution is 2.34. The van der Waals surface area contributed by atoms with E-state index in [0.29, 0.717) is 30.2 Å². The molecule has 3 aromatic rings. The molecule has 1 N–H and O–H groups in total. The number of nitrogens with one attached hydrogen (secondary N) is 1. The van der Waals surface area contributed by atoms with Gasteiger partial charge in [0.1, 0.15) is 11.3 Å². The number of hydrogen-bond acceptors (Lipinski definition) is 6. The second-order valence-corrected chi connectivity index (χ2v) is 9.07. The molecule has 184 valence electrons. The molecule has 0 spiro atoms. The lowest BCUT2D eigenvalue weighted by molar-refractivity contribution is -0.137. The van der Waals surface area contributed by atoms with Crippen LogP contribution in [-0.2, 0) is 10.9 Å². The summed E-state index contributed by atoms with van der Waals surface area (Å²) in [7, 11) is 0. The molecule has 4 rings (SSSR count). The zero-order valence-corrected chi connectivity index (χ0v) is 19.6. The topological polar surface area (TPSA) is 91.1 Å². The van der Waals surface area contributed by atoms with E-state index in [9.17, 15) is 18.0 Å². The van der Waals surface area contributed by atoms with Crippen LogP contribution in [0.15, 0.2) is 48.5 Å². The first-order valence-corrected chi connectivity index (χ1v) is 10.9. The van der Waals surface area contributed by atoms with Gasteiger partial charge in [-0.05, 0) is 39.3 Å². The molecule has 0 saturated carbocycles. The van der Waals surface area contributed by atoms with Gasteiger partial charge in [-0.3, -0.25) is 0 Å². The van der Waals surface area contributed by atoms with Crippen LogP contribution in [0.3, 0.4) is 0 Å². The molecule has 2 aromatic carbocycles. The van der Waals surface area contributed by atoms with E-state index in [2.05, 4.69) is 22.1 Å². The molecular weight excluding hydrogens is 459 g/mol. The Bertz CT molecular complexity index is 1200. The number of carbonyl (C=O) groups excluding carboxylic acids is 1. The van der Waals surface area contributed by atoms with Gasteiger partial charge in [0.15, 0.2) is 5.82 Å². The van der Waals surface area contributed by atoms with Crippen molar-refractivity contribution in [2.45, 2.75) is 45.0 Å². The fourth-order valence-corrected chi connectivity index (χ4v) is 3.80. The minimum absolute atomic E-state index is 0.0212. The lowest BCUT2D eigenvalue weighted by Crippen LogP contribution is -2.36. The van der Waals surface area contributed by atoms with Crippen molar-refractivity contribution in [2.75, 3.05) is 18.4 Å². The van der Waals surface area contributed by atoms with Gasteiger partial charge in [0.2, 0.25) is 0 Å². The SMILES string of the molecule is C#N.CC(C)(C)OC(=O)N1CC[C@@H](Nc2nnc(-c3ccc(C(F)(F)F)cc3)c3ccccc23)C1. The number of anilines is 1. The van der Waals surface area contributed by atoms with Crippen molar-refractivity contribution >= 4 is 22.7 Å². The number of carbonyl (C=O) groups is 1. The van der Waals surface area contributed by atoms with E-state index in [1.807, 2.05) is 45.0 Å². The highest BCUT2D eigenvalue weighted by Gasteiger charge is 2.31. The quantitative estimate of drug-likeness (QED) is 0.498. The smallest absolute Gasteiger partial charge is 0.416 e. The molecule has 0 radical (unpaired) electrons. The molecular formula is C25H26F3N5O2. The molecule has 0 aliphatic carbocycles. The summed E-state index contributed by atoms with van der Waals surface area (Å²) in [5, 5.41) is 20.1. The maximum Gasteiger partial charge on any atom is 0.416 e. The van der Waals surface area contributed by atoms with Crippen molar-refractivity contribution in [3.63, 3.8) is 0 Å². The fourth-order valence-electron chi connectivity index (χ4n) is 3.80. The second kappa shape index (κ2) is 10.2. The lowest BCUT2D eigenvalue weighted by atomic mass is 10.0. The van der Waals surface area contributed by atoms with Gasteiger partial charge in [0, 0.05) is 42.0 Å². The van der Waals surface area contributed by atoms with Gasteiger partial charge in [-0.25, -0.2) is 10.1 Å². The lowest BCUT2D eigenvalue weighted by Gasteiger charge is -2.24. The zero-order chi connectivity index (χ0) is 25.8. The van der Waals surface area contributed by atoms with E-state index in [-0.39, 0.29) is 12.1 Å². The zero-order valence-electron chi connectivity index (χ0n) is 19.6. The van der Waals surface area contributed by atoms with Crippen molar-refractivity contribution in [1.29, 1.82) is 5.26 Å². The Balaban J connectivity index is 0.00000167. The third-order valence-electron chi connectivity index (χ3n) is 5.35. The van der Waals surface area contributed by atoms with Crippen molar-refractivity contribution in [3.8, 4) is 17.8 Å². The Labute approximate surface area is 201 Å². The molecule has 1 amide bonds. The van der Waals surface area contributed by atoms with Gasteiger partial charge in [-0.1, -0.05) is 36.4 Å². The van der Waals surface area contributed by atoms with E-state index >= 15 is 0 Å². The first-order chi connectivity index (χ1) is 16.5. The monoisotopic (exact) mass is 485 g/mol. The fraction of sp³-hybridized carbons (Fsp3) is 0.360. The van der Waals surface area contributed by atoms with Gasteiger partial charge in [0.05, 0.1) is 5.56 Å². The maximum atomic E-state index is 12.9. The summed E-state index contributed by atoms with van der Waals surface area (Å²) in [6, 6.07) is 12.3. The summed E-state index contributed by atoms with van der Waals surface area (Å²) < 4.78 is 44.2. The molecule has 1 saturated heterocycles. The average Bonchev–Trinajstić information content (AvgIpc) is 3.28. The van der Waals surface area contributed by atoms with Crippen LogP contribution in [0.5, 0.6) is 0 Å². The van der Waals surface area contributed by atoms with Crippen LogP contribution >= 0.6 is 0 Å². The summed E-state index contributed by atoms with van der Waals surface area (Å²) in [5.41, 5.74) is -0.210. The standard InChI is InChI=1S/C24H25F3N4O2.CHN/c1-23(2,3)33-22(32)31-13-12-17(14-31)28-21-19-7-5-4-6-18(19)20(29-30-21)15-8-10-16(11-9-15)24(25,26)27;1-2/h4-11,17H,12-14H2,1-3H3,(H,28,30);1H/t17-;/m1./s1. The number of rotatable bonds is 3. The van der Waals surface area contributed by atoms with Crippen LogP contribution in [0.2, 0.25) is 0 Å². The minimum Gasteiger partial charge on any atom is -0.444 e. The Morgan fingerprint density at radius 2 is 1.69 bits per heavy atom. The molecule has 0 bridgehead atoms. The summed E-state index contributed by atoms with van der Waals surface area (Å²) in [6.07, 6.45) is -4.01. The van der Waals surface area contributed by atoms with Crippen LogP contribution < -0.4 is 5.32 Å². The van der Waals surface area contributed by atoms with Gasteiger partial charge >= 0.3 is 12.3 Å². The molecule has 0 unspecified atom stereocenters. The Morgan fingerprint density at radius 3 is 2.29 bits per heavy atom. The Hall–Kier alpha value is -3.87. The Morgan fingerprint density at radius 1 is 1.06 bits per heavy atom. The van der Waals surface area contributed by atoms with Crippen LogP contribution in [-0.4, -0.2) is 45.9 Å². The van der Waals surface area contributed by atoms with E-state index in [0.717, 1.165) is 29.3 Å². The highest BCUT2D eigenvalue weighted by atomic mass is 19.4. The summed E-state index contributed by atoms with van der Waals surface area (Å²) in [4.78, 5) is 14.0. The van der Waals surface area contributed by atoms with Gasteiger partial charge in [-0.2, -0.15) is 13.2 Å². The number of nitriles is 1. The van der Waals surface area contributed by atoms with Crippen LogP contribution in [0, 0.1) is 11.8 Å². The van der Waals surface area contributed by atoms with Crippen LogP contribution in [0.4, 0.5) is 23.8 Å². The van der Waals surface area contributed by atoms with E-state index in [4.69, 9.17) is 10.00 Å². The van der Waals surface area contributed by atoms with E-state index in [1.54, 1.807) is 4.90 Å². The van der Waals surface area contributed by atoms with Gasteiger partial charge in [-0.15, -0.1) is 10.2 Å².